The van der Waals surface area contributed by atoms with Gasteiger partial charge in [-0.25, -0.2) is 4.98 Å². The van der Waals surface area contributed by atoms with Crippen molar-refractivity contribution in [1.82, 2.24) is 19.5 Å². The molecule has 0 amide bonds. The van der Waals surface area contributed by atoms with E-state index in [9.17, 15) is 0 Å². The highest BCUT2D eigenvalue weighted by molar-refractivity contribution is 6.23. The zero-order valence-corrected chi connectivity index (χ0v) is 36.9. The number of fused-ring (bicyclic) bond motifs is 14. The van der Waals surface area contributed by atoms with Crippen LogP contribution in [0.5, 0.6) is 0 Å². The third kappa shape index (κ3) is 5.51. The van der Waals surface area contributed by atoms with E-state index >= 15 is 0 Å². The highest BCUT2D eigenvalue weighted by Gasteiger charge is 2.35. The fraction of sp³-hybridized carbons (Fsp3) is 0.0833. The van der Waals surface area contributed by atoms with Gasteiger partial charge in [0, 0.05) is 54.4 Å². The molecular weight excluding hydrogens is 809 g/mol. The molecule has 0 saturated heterocycles. The van der Waals surface area contributed by atoms with Crippen LogP contribution in [0.15, 0.2) is 191 Å². The fourth-order valence-electron chi connectivity index (χ4n) is 10.6. The van der Waals surface area contributed by atoms with Crippen molar-refractivity contribution < 1.29 is 8.83 Å². The number of hydrogen-bond acceptors (Lipinski definition) is 5. The smallest absolute Gasteiger partial charge is 0.238 e. The van der Waals surface area contributed by atoms with Crippen LogP contribution in [0.3, 0.4) is 0 Å². The van der Waals surface area contributed by atoms with Crippen LogP contribution in [0, 0.1) is 0 Å². The molecule has 0 atom stereocenters. The van der Waals surface area contributed by atoms with Gasteiger partial charge in [0.25, 0.3) is 0 Å². The average Bonchev–Trinajstić information content (AvgIpc) is 4.10. The van der Waals surface area contributed by atoms with Gasteiger partial charge in [0.15, 0.2) is 11.6 Å². The van der Waals surface area contributed by atoms with Gasteiger partial charge >= 0.3 is 0 Å². The molecule has 0 aliphatic heterocycles. The van der Waals surface area contributed by atoms with Crippen molar-refractivity contribution in [2.24, 2.45) is 0 Å². The van der Waals surface area contributed by atoms with Crippen LogP contribution in [0.4, 0.5) is 0 Å². The normalized spacial score (nSPS) is 13.0. The molecule has 0 N–H and O–H groups in total. The summed E-state index contributed by atoms with van der Waals surface area (Å²) in [6, 6.07) is 64.3. The molecule has 4 aromatic heterocycles. The Morgan fingerprint density at radius 2 is 0.955 bits per heavy atom. The second-order valence-electron chi connectivity index (χ2n) is 17.5. The summed E-state index contributed by atoms with van der Waals surface area (Å²) < 4.78 is 15.1. The number of furan rings is 2. The molecule has 1 aliphatic rings. The first-order valence-electron chi connectivity index (χ1n) is 22.8. The van der Waals surface area contributed by atoms with Gasteiger partial charge in [0.05, 0.1) is 11.0 Å². The number of nitrogens with zero attached hydrogens (tertiary/aromatic N) is 4. The molecule has 14 rings (SSSR count). The zero-order valence-electron chi connectivity index (χ0n) is 36.9. The first kappa shape index (κ1) is 38.1. The van der Waals surface area contributed by atoms with E-state index in [0.29, 0.717) is 17.6 Å². The van der Waals surface area contributed by atoms with E-state index in [-0.39, 0.29) is 5.41 Å². The van der Waals surface area contributed by atoms with E-state index in [2.05, 4.69) is 164 Å². The standard InChI is InChI=1S/C58H36N4O2.C2H6/c1-58(2)46-19-8-5-14-39(46)40-26-22-34(30-47(40)58)38-17-11-18-45-53-37-13-4-3-12-33(37)25-29-48(53)62(54(38)45)57-60-55(35-23-27-43-41-15-6-9-20-49(41)63-51(43)31-35)59-56(61-57)36-24-28-44-42-16-7-10-21-50(42)64-52(44)32-36;1-2/h3-32H,1-2H3;1-2H3. The van der Waals surface area contributed by atoms with Crippen LogP contribution < -0.4 is 0 Å². The molecule has 6 nitrogen and oxygen atoms in total. The van der Waals surface area contributed by atoms with Gasteiger partial charge in [-0.1, -0.05) is 161 Å². The molecule has 0 bridgehead atoms. The van der Waals surface area contributed by atoms with Gasteiger partial charge in [-0.3, -0.25) is 4.57 Å². The number of aromatic nitrogens is 4. The van der Waals surface area contributed by atoms with Crippen molar-refractivity contribution in [3.05, 3.63) is 193 Å². The maximum atomic E-state index is 6.41. The SMILES string of the molecule is CC.CC1(C)c2ccccc2-c2ccc(-c3cccc4c5c6ccccc6ccc5n(-c5nc(-c6ccc7c(c6)oc6ccccc67)nc(-c6ccc7c(c6)oc6ccccc67)n5)c34)cc21. The molecule has 6 heteroatoms. The van der Waals surface area contributed by atoms with Gasteiger partial charge in [0.2, 0.25) is 5.95 Å². The van der Waals surface area contributed by atoms with Crippen LogP contribution in [0.2, 0.25) is 0 Å². The summed E-state index contributed by atoms with van der Waals surface area (Å²) in [4.78, 5) is 16.1. The Bertz CT molecular complexity index is 4000. The molecule has 9 aromatic carbocycles. The van der Waals surface area contributed by atoms with Crippen molar-refractivity contribution in [2.75, 3.05) is 0 Å². The topological polar surface area (TPSA) is 69.9 Å². The molecular formula is C60H42N4O2. The third-order valence-electron chi connectivity index (χ3n) is 13.7. The number of hydrogen-bond donors (Lipinski definition) is 0. The van der Waals surface area contributed by atoms with E-state index in [1.165, 1.54) is 33.0 Å². The first-order valence-corrected chi connectivity index (χ1v) is 22.8. The highest BCUT2D eigenvalue weighted by Crippen LogP contribution is 2.50. The number of rotatable bonds is 4. The summed E-state index contributed by atoms with van der Waals surface area (Å²) in [5.74, 6) is 1.60. The predicted molar refractivity (Wildman–Crippen MR) is 271 cm³/mol. The summed E-state index contributed by atoms with van der Waals surface area (Å²) in [5.41, 5.74) is 14.3. The van der Waals surface area contributed by atoms with E-state index in [1.54, 1.807) is 0 Å². The van der Waals surface area contributed by atoms with Crippen molar-refractivity contribution in [2.45, 2.75) is 33.1 Å². The minimum Gasteiger partial charge on any atom is -0.456 e. The van der Waals surface area contributed by atoms with Crippen molar-refractivity contribution in [3.8, 4) is 51.0 Å². The van der Waals surface area contributed by atoms with Crippen molar-refractivity contribution in [3.63, 3.8) is 0 Å². The lowest BCUT2D eigenvalue weighted by molar-refractivity contribution is 0.660. The van der Waals surface area contributed by atoms with Gasteiger partial charge in [-0.2, -0.15) is 9.97 Å². The summed E-state index contributed by atoms with van der Waals surface area (Å²) in [5, 5.41) is 8.86. The molecule has 0 unspecified atom stereocenters. The van der Waals surface area contributed by atoms with Crippen LogP contribution in [0.25, 0.3) is 127 Å². The number of benzene rings is 9. The third-order valence-corrected chi connectivity index (χ3v) is 13.7. The predicted octanol–water partition coefficient (Wildman–Crippen LogP) is 16.3. The van der Waals surface area contributed by atoms with Gasteiger partial charge in [0.1, 0.15) is 22.3 Å². The largest absolute Gasteiger partial charge is 0.456 e. The summed E-state index contributed by atoms with van der Waals surface area (Å²) in [6.07, 6.45) is 0. The quantitative estimate of drug-likeness (QED) is 0.176. The summed E-state index contributed by atoms with van der Waals surface area (Å²) in [7, 11) is 0. The van der Waals surface area contributed by atoms with E-state index < -0.39 is 0 Å². The Labute approximate surface area is 380 Å². The Morgan fingerprint density at radius 1 is 0.409 bits per heavy atom. The molecule has 66 heavy (non-hydrogen) atoms. The second kappa shape index (κ2) is 14.3. The molecule has 0 saturated carbocycles. The molecule has 4 heterocycles. The average molecular weight is 851 g/mol. The Kier molecular flexibility index (Phi) is 8.28. The Balaban J connectivity index is 0.00000215. The van der Waals surface area contributed by atoms with E-state index in [0.717, 1.165) is 87.9 Å². The van der Waals surface area contributed by atoms with Crippen LogP contribution >= 0.6 is 0 Å². The number of para-hydroxylation sites is 3. The minimum absolute atomic E-state index is 0.154. The lowest BCUT2D eigenvalue weighted by atomic mass is 9.81. The Hall–Kier alpha value is -8.35. The molecule has 1 aliphatic carbocycles. The van der Waals surface area contributed by atoms with Crippen LogP contribution in [-0.4, -0.2) is 19.5 Å². The molecule has 0 spiro atoms. The van der Waals surface area contributed by atoms with E-state index in [4.69, 9.17) is 23.8 Å². The van der Waals surface area contributed by atoms with E-state index in [1.807, 2.05) is 50.2 Å². The highest BCUT2D eigenvalue weighted by atomic mass is 16.3. The maximum absolute atomic E-state index is 6.41. The monoisotopic (exact) mass is 850 g/mol. The summed E-state index contributed by atoms with van der Waals surface area (Å²) in [6.45, 7) is 8.68. The van der Waals surface area contributed by atoms with Crippen LogP contribution in [0.1, 0.15) is 38.8 Å². The fourth-order valence-corrected chi connectivity index (χ4v) is 10.6. The van der Waals surface area contributed by atoms with Crippen LogP contribution in [-0.2, 0) is 5.41 Å². The first-order chi connectivity index (χ1) is 32.5. The van der Waals surface area contributed by atoms with Crippen molar-refractivity contribution in [1.29, 1.82) is 0 Å². The molecule has 0 radical (unpaired) electrons. The Morgan fingerprint density at radius 3 is 1.65 bits per heavy atom. The lowest BCUT2D eigenvalue weighted by Gasteiger charge is -2.22. The van der Waals surface area contributed by atoms with Gasteiger partial charge < -0.3 is 8.83 Å². The minimum atomic E-state index is -0.154. The van der Waals surface area contributed by atoms with Gasteiger partial charge in [-0.15, -0.1) is 0 Å². The second-order valence-corrected chi connectivity index (χ2v) is 17.5. The molecule has 13 aromatic rings. The lowest BCUT2D eigenvalue weighted by Crippen LogP contribution is -2.14. The van der Waals surface area contributed by atoms with Gasteiger partial charge in [-0.05, 0) is 87.1 Å². The zero-order chi connectivity index (χ0) is 44.3. The maximum Gasteiger partial charge on any atom is 0.238 e. The molecule has 314 valence electrons. The summed E-state index contributed by atoms with van der Waals surface area (Å²) >= 11 is 0. The van der Waals surface area contributed by atoms with Crippen molar-refractivity contribution >= 4 is 76.5 Å². The molecule has 0 fully saturated rings.